The lowest BCUT2D eigenvalue weighted by Gasteiger charge is -2.30. The average molecular weight is 291 g/mol. The quantitative estimate of drug-likeness (QED) is 0.810. The van der Waals surface area contributed by atoms with E-state index in [1.807, 2.05) is 19.2 Å². The number of thiocarbonyl (C=S) groups is 1. The molecule has 4 heteroatoms. The third kappa shape index (κ3) is 3.69. The highest BCUT2D eigenvalue weighted by Crippen LogP contribution is 2.30. The molecule has 1 saturated carbocycles. The van der Waals surface area contributed by atoms with E-state index in [4.69, 9.17) is 18.0 Å². The van der Waals surface area contributed by atoms with Gasteiger partial charge in [0.1, 0.15) is 10.8 Å². The number of nitrogens with zero attached hydrogens (tertiary/aromatic N) is 1. The Kier molecular flexibility index (Phi) is 5.35. The van der Waals surface area contributed by atoms with Crippen LogP contribution < -0.4 is 11.1 Å². The first kappa shape index (κ1) is 15.2. The summed E-state index contributed by atoms with van der Waals surface area (Å²) in [7, 11) is 0. The summed E-state index contributed by atoms with van der Waals surface area (Å²) in [6.45, 7) is 4.30. The van der Waals surface area contributed by atoms with Gasteiger partial charge < -0.3 is 11.1 Å². The summed E-state index contributed by atoms with van der Waals surface area (Å²) in [5.41, 5.74) is 7.83. The molecule has 1 aliphatic rings. The summed E-state index contributed by atoms with van der Waals surface area (Å²) in [6.07, 6.45) is 9.57. The Balaban J connectivity index is 2.01. The molecule has 3 nitrogen and oxygen atoms in total. The molecule has 2 rings (SSSR count). The molecule has 1 aromatic heterocycles. The summed E-state index contributed by atoms with van der Waals surface area (Å²) < 4.78 is 0. The fourth-order valence-electron chi connectivity index (χ4n) is 3.18. The van der Waals surface area contributed by atoms with Gasteiger partial charge in [-0.1, -0.05) is 32.0 Å². The van der Waals surface area contributed by atoms with Crippen LogP contribution in [0.15, 0.2) is 12.3 Å². The lowest BCUT2D eigenvalue weighted by Crippen LogP contribution is -2.28. The molecule has 0 aromatic carbocycles. The molecule has 3 N–H and O–H groups in total. The maximum absolute atomic E-state index is 5.83. The number of nitrogens with one attached hydrogen (secondary N) is 1. The van der Waals surface area contributed by atoms with Gasteiger partial charge in [-0.05, 0) is 50.2 Å². The minimum Gasteiger partial charge on any atom is -0.389 e. The van der Waals surface area contributed by atoms with E-state index in [0.717, 1.165) is 22.9 Å². The van der Waals surface area contributed by atoms with Crippen molar-refractivity contribution >= 4 is 23.0 Å². The SMILES string of the molecule is CCCC1CCC(Nc2nccc(C)c2C(N)=S)CC1. The van der Waals surface area contributed by atoms with Gasteiger partial charge in [0, 0.05) is 12.2 Å². The Morgan fingerprint density at radius 2 is 2.10 bits per heavy atom. The summed E-state index contributed by atoms with van der Waals surface area (Å²) in [5.74, 6) is 1.77. The normalized spacial score (nSPS) is 22.5. The van der Waals surface area contributed by atoms with Crippen molar-refractivity contribution in [2.45, 2.75) is 58.4 Å². The highest BCUT2D eigenvalue weighted by atomic mass is 32.1. The molecule has 0 bridgehead atoms. The van der Waals surface area contributed by atoms with Crippen LogP contribution in [0.5, 0.6) is 0 Å². The fourth-order valence-corrected chi connectivity index (χ4v) is 3.43. The third-order valence-electron chi connectivity index (χ3n) is 4.29. The zero-order chi connectivity index (χ0) is 14.5. The first-order chi connectivity index (χ1) is 9.61. The molecule has 20 heavy (non-hydrogen) atoms. The van der Waals surface area contributed by atoms with Gasteiger partial charge in [-0.25, -0.2) is 4.98 Å². The van der Waals surface area contributed by atoms with Gasteiger partial charge in [0.15, 0.2) is 0 Å². The lowest BCUT2D eigenvalue weighted by atomic mass is 9.83. The van der Waals surface area contributed by atoms with E-state index in [9.17, 15) is 0 Å². The van der Waals surface area contributed by atoms with Crippen molar-refractivity contribution in [2.24, 2.45) is 11.7 Å². The van der Waals surface area contributed by atoms with Gasteiger partial charge >= 0.3 is 0 Å². The van der Waals surface area contributed by atoms with Crippen molar-refractivity contribution < 1.29 is 0 Å². The Bertz CT molecular complexity index is 465. The highest BCUT2D eigenvalue weighted by molar-refractivity contribution is 7.80. The van der Waals surface area contributed by atoms with Crippen LogP contribution in [0.3, 0.4) is 0 Å². The van der Waals surface area contributed by atoms with Gasteiger partial charge in [-0.2, -0.15) is 0 Å². The molecule has 1 aromatic rings. The second-order valence-corrected chi connectivity index (χ2v) is 6.31. The molecule has 0 radical (unpaired) electrons. The Labute approximate surface area is 127 Å². The van der Waals surface area contributed by atoms with Crippen LogP contribution in [-0.2, 0) is 0 Å². The summed E-state index contributed by atoms with van der Waals surface area (Å²) in [4.78, 5) is 4.86. The molecule has 0 amide bonds. The predicted octanol–water partition coefficient (Wildman–Crippen LogP) is 3.80. The molecular weight excluding hydrogens is 266 g/mol. The van der Waals surface area contributed by atoms with Crippen molar-refractivity contribution in [3.8, 4) is 0 Å². The van der Waals surface area contributed by atoms with Crippen LogP contribution in [-0.4, -0.2) is 16.0 Å². The van der Waals surface area contributed by atoms with Crippen molar-refractivity contribution in [3.63, 3.8) is 0 Å². The summed E-state index contributed by atoms with van der Waals surface area (Å²) in [6, 6.07) is 2.46. The topological polar surface area (TPSA) is 50.9 Å². The van der Waals surface area contributed by atoms with Crippen molar-refractivity contribution in [3.05, 3.63) is 23.4 Å². The molecular formula is C16H25N3S. The number of aryl methyl sites for hydroxylation is 1. The Morgan fingerprint density at radius 3 is 2.70 bits per heavy atom. The lowest BCUT2D eigenvalue weighted by molar-refractivity contribution is 0.318. The van der Waals surface area contributed by atoms with Crippen LogP contribution >= 0.6 is 12.2 Å². The zero-order valence-electron chi connectivity index (χ0n) is 12.5. The van der Waals surface area contributed by atoms with E-state index >= 15 is 0 Å². The van der Waals surface area contributed by atoms with Crippen LogP contribution in [0.4, 0.5) is 5.82 Å². The predicted molar refractivity (Wildman–Crippen MR) is 89.1 cm³/mol. The number of aromatic nitrogens is 1. The molecule has 1 fully saturated rings. The Morgan fingerprint density at radius 1 is 1.40 bits per heavy atom. The average Bonchev–Trinajstić information content (AvgIpc) is 2.41. The minimum absolute atomic E-state index is 0.428. The molecule has 0 atom stereocenters. The molecule has 1 heterocycles. The molecule has 0 aliphatic heterocycles. The highest BCUT2D eigenvalue weighted by Gasteiger charge is 2.22. The van der Waals surface area contributed by atoms with E-state index < -0.39 is 0 Å². The summed E-state index contributed by atoms with van der Waals surface area (Å²) in [5, 5.41) is 3.56. The van der Waals surface area contributed by atoms with Crippen LogP contribution in [0.1, 0.15) is 56.6 Å². The fraction of sp³-hybridized carbons (Fsp3) is 0.625. The van der Waals surface area contributed by atoms with E-state index in [-0.39, 0.29) is 0 Å². The molecule has 1 aliphatic carbocycles. The van der Waals surface area contributed by atoms with Gasteiger partial charge in [0.05, 0.1) is 5.56 Å². The molecule has 0 saturated heterocycles. The second kappa shape index (κ2) is 7.02. The number of pyridine rings is 1. The number of nitrogens with two attached hydrogens (primary N) is 1. The van der Waals surface area contributed by atoms with Gasteiger partial charge in [0.25, 0.3) is 0 Å². The van der Waals surface area contributed by atoms with E-state index in [2.05, 4.69) is 17.2 Å². The monoisotopic (exact) mass is 291 g/mol. The molecule has 0 spiro atoms. The van der Waals surface area contributed by atoms with Gasteiger partial charge in [-0.15, -0.1) is 0 Å². The molecule has 110 valence electrons. The largest absolute Gasteiger partial charge is 0.389 e. The van der Waals surface area contributed by atoms with E-state index in [1.54, 1.807) is 0 Å². The third-order valence-corrected chi connectivity index (χ3v) is 4.49. The number of anilines is 1. The number of hydrogen-bond acceptors (Lipinski definition) is 3. The Hall–Kier alpha value is -1.16. The van der Waals surface area contributed by atoms with Gasteiger partial charge in [0.2, 0.25) is 0 Å². The maximum Gasteiger partial charge on any atom is 0.136 e. The zero-order valence-corrected chi connectivity index (χ0v) is 13.3. The maximum atomic E-state index is 5.83. The van der Waals surface area contributed by atoms with E-state index in [0.29, 0.717) is 11.0 Å². The first-order valence-corrected chi connectivity index (χ1v) is 8.04. The van der Waals surface area contributed by atoms with Crippen molar-refractivity contribution in [1.82, 2.24) is 4.98 Å². The minimum atomic E-state index is 0.428. The van der Waals surface area contributed by atoms with E-state index in [1.165, 1.54) is 38.5 Å². The van der Waals surface area contributed by atoms with Crippen molar-refractivity contribution in [2.75, 3.05) is 5.32 Å². The van der Waals surface area contributed by atoms with Gasteiger partial charge in [-0.3, -0.25) is 0 Å². The van der Waals surface area contributed by atoms with Crippen LogP contribution in [0, 0.1) is 12.8 Å². The second-order valence-electron chi connectivity index (χ2n) is 5.87. The smallest absolute Gasteiger partial charge is 0.136 e. The first-order valence-electron chi connectivity index (χ1n) is 7.63. The standard InChI is InChI=1S/C16H25N3S/c1-3-4-12-5-7-13(8-6-12)19-16-14(15(17)20)11(2)9-10-18-16/h9-10,12-13H,3-8H2,1-2H3,(H2,17,20)(H,18,19). The number of hydrogen-bond donors (Lipinski definition) is 2. The molecule has 0 unspecified atom stereocenters. The van der Waals surface area contributed by atoms with Crippen LogP contribution in [0.25, 0.3) is 0 Å². The summed E-state index contributed by atoms with van der Waals surface area (Å²) >= 11 is 5.16. The van der Waals surface area contributed by atoms with Crippen LogP contribution in [0.2, 0.25) is 0 Å². The number of rotatable bonds is 5. The van der Waals surface area contributed by atoms with Crippen molar-refractivity contribution in [1.29, 1.82) is 0 Å².